The van der Waals surface area contributed by atoms with E-state index < -0.39 is 0 Å². The van der Waals surface area contributed by atoms with E-state index in [0.29, 0.717) is 10.6 Å². The molecule has 1 fully saturated rings. The summed E-state index contributed by atoms with van der Waals surface area (Å²) >= 11 is 6.19. The highest BCUT2D eigenvalue weighted by atomic mass is 35.5. The molecule has 1 aromatic heterocycles. The minimum Gasteiger partial charge on any atom is -0.348 e. The molecule has 1 unspecified atom stereocenters. The van der Waals surface area contributed by atoms with Gasteiger partial charge in [0.05, 0.1) is 28.2 Å². The van der Waals surface area contributed by atoms with Crippen molar-refractivity contribution in [3.63, 3.8) is 0 Å². The van der Waals surface area contributed by atoms with Crippen molar-refractivity contribution >= 4 is 29.9 Å². The molecule has 2 heterocycles. The van der Waals surface area contributed by atoms with Crippen LogP contribution >= 0.6 is 24.0 Å². The first-order valence-electron chi connectivity index (χ1n) is 6.98. The summed E-state index contributed by atoms with van der Waals surface area (Å²) in [5, 5.41) is 11.2. The molecule has 1 aromatic carbocycles. The number of hydrogen-bond donors (Lipinski definition) is 2. The van der Waals surface area contributed by atoms with Crippen molar-refractivity contribution in [2.45, 2.75) is 19.4 Å². The fourth-order valence-corrected chi connectivity index (χ4v) is 2.76. The Hall–Kier alpha value is -1.56. The van der Waals surface area contributed by atoms with Gasteiger partial charge in [-0.2, -0.15) is 5.10 Å². The van der Waals surface area contributed by atoms with Crippen LogP contribution in [0.1, 0.15) is 22.5 Å². The van der Waals surface area contributed by atoms with Gasteiger partial charge in [-0.05, 0) is 32.0 Å². The van der Waals surface area contributed by atoms with Gasteiger partial charge in [0.25, 0.3) is 5.91 Å². The highest BCUT2D eigenvalue weighted by Gasteiger charge is 2.21. The number of aromatic nitrogens is 2. The third kappa shape index (κ3) is 3.27. The standard InChI is InChI=1S/C15H17ClN4O.ClH/c1-10-12(15(21)19-11-6-7-17-8-11)9-18-20(10)14-5-3-2-4-13(14)16;/h2-5,9,11,17H,6-8H2,1H3,(H,19,21);1H. The Balaban J connectivity index is 0.00000176. The van der Waals surface area contributed by atoms with Crippen LogP contribution in [0.15, 0.2) is 30.5 Å². The van der Waals surface area contributed by atoms with E-state index in [1.807, 2.05) is 31.2 Å². The van der Waals surface area contributed by atoms with Crippen molar-refractivity contribution in [2.24, 2.45) is 0 Å². The molecule has 2 aromatic rings. The number of nitrogens with one attached hydrogen (secondary N) is 2. The molecule has 7 heteroatoms. The maximum Gasteiger partial charge on any atom is 0.255 e. The molecule has 1 amide bonds. The molecule has 3 rings (SSSR count). The topological polar surface area (TPSA) is 59.0 Å². The molecule has 1 saturated heterocycles. The molecule has 2 N–H and O–H groups in total. The largest absolute Gasteiger partial charge is 0.348 e. The number of benzene rings is 1. The van der Waals surface area contributed by atoms with Crippen molar-refractivity contribution < 1.29 is 4.79 Å². The number of carbonyl (C=O) groups is 1. The molecule has 0 saturated carbocycles. The minimum atomic E-state index is -0.0838. The fourth-order valence-electron chi connectivity index (χ4n) is 2.54. The molecule has 0 spiro atoms. The van der Waals surface area contributed by atoms with Crippen LogP contribution in [-0.2, 0) is 0 Å². The van der Waals surface area contributed by atoms with E-state index in [2.05, 4.69) is 15.7 Å². The summed E-state index contributed by atoms with van der Waals surface area (Å²) < 4.78 is 1.70. The summed E-state index contributed by atoms with van der Waals surface area (Å²) in [7, 11) is 0. The van der Waals surface area contributed by atoms with Gasteiger partial charge in [-0.15, -0.1) is 12.4 Å². The van der Waals surface area contributed by atoms with Gasteiger partial charge in [0.2, 0.25) is 0 Å². The zero-order chi connectivity index (χ0) is 14.8. The number of para-hydroxylation sites is 1. The predicted molar refractivity (Wildman–Crippen MR) is 89.3 cm³/mol. The lowest BCUT2D eigenvalue weighted by atomic mass is 10.2. The average Bonchev–Trinajstić information content (AvgIpc) is 3.09. The monoisotopic (exact) mass is 340 g/mol. The second-order valence-electron chi connectivity index (χ2n) is 5.17. The fraction of sp³-hybridized carbons (Fsp3) is 0.333. The van der Waals surface area contributed by atoms with Gasteiger partial charge in [0.1, 0.15) is 0 Å². The van der Waals surface area contributed by atoms with Crippen LogP contribution in [0.3, 0.4) is 0 Å². The average molecular weight is 341 g/mol. The number of amides is 1. The van der Waals surface area contributed by atoms with E-state index in [4.69, 9.17) is 11.6 Å². The summed E-state index contributed by atoms with van der Waals surface area (Å²) in [6.07, 6.45) is 2.56. The number of hydrogen-bond acceptors (Lipinski definition) is 3. The van der Waals surface area contributed by atoms with Crippen LogP contribution in [0.25, 0.3) is 5.69 Å². The Morgan fingerprint density at radius 3 is 2.91 bits per heavy atom. The summed E-state index contributed by atoms with van der Waals surface area (Å²) in [6, 6.07) is 7.64. The quantitative estimate of drug-likeness (QED) is 0.901. The zero-order valence-corrected chi connectivity index (χ0v) is 13.7. The van der Waals surface area contributed by atoms with Gasteiger partial charge >= 0.3 is 0 Å². The van der Waals surface area contributed by atoms with Crippen molar-refractivity contribution in [3.8, 4) is 5.69 Å². The van der Waals surface area contributed by atoms with Crippen LogP contribution in [0.4, 0.5) is 0 Å². The molecule has 22 heavy (non-hydrogen) atoms. The summed E-state index contributed by atoms with van der Waals surface area (Å²) in [6.45, 7) is 3.64. The first-order valence-corrected chi connectivity index (χ1v) is 7.35. The summed E-state index contributed by atoms with van der Waals surface area (Å²) in [5.41, 5.74) is 2.15. The van der Waals surface area contributed by atoms with Gasteiger partial charge < -0.3 is 10.6 Å². The third-order valence-electron chi connectivity index (χ3n) is 3.73. The molecule has 5 nitrogen and oxygen atoms in total. The van der Waals surface area contributed by atoms with Crippen LogP contribution in [-0.4, -0.2) is 34.8 Å². The normalized spacial score (nSPS) is 17.1. The first kappa shape index (κ1) is 16.8. The Bertz CT molecular complexity index is 665. The van der Waals surface area contributed by atoms with Crippen molar-refractivity contribution in [1.29, 1.82) is 0 Å². The van der Waals surface area contributed by atoms with Gasteiger partial charge in [0, 0.05) is 12.6 Å². The zero-order valence-electron chi connectivity index (χ0n) is 12.2. The smallest absolute Gasteiger partial charge is 0.255 e. The molecule has 0 aliphatic carbocycles. The lowest BCUT2D eigenvalue weighted by Crippen LogP contribution is -2.36. The number of nitrogens with zero attached hydrogens (tertiary/aromatic N) is 2. The van der Waals surface area contributed by atoms with Crippen LogP contribution in [0.2, 0.25) is 5.02 Å². The van der Waals surface area contributed by atoms with Gasteiger partial charge in [-0.1, -0.05) is 23.7 Å². The first-order chi connectivity index (χ1) is 10.2. The van der Waals surface area contributed by atoms with Crippen molar-refractivity contribution in [1.82, 2.24) is 20.4 Å². The number of rotatable bonds is 3. The van der Waals surface area contributed by atoms with Gasteiger partial charge in [-0.25, -0.2) is 4.68 Å². The molecule has 118 valence electrons. The van der Waals surface area contributed by atoms with Crippen LogP contribution in [0.5, 0.6) is 0 Å². The van der Waals surface area contributed by atoms with Crippen LogP contribution in [0, 0.1) is 6.92 Å². The molecular formula is C15H18Cl2N4O. The third-order valence-corrected chi connectivity index (χ3v) is 4.05. The van der Waals surface area contributed by atoms with E-state index >= 15 is 0 Å². The van der Waals surface area contributed by atoms with E-state index in [1.54, 1.807) is 10.9 Å². The Morgan fingerprint density at radius 2 is 2.23 bits per heavy atom. The van der Waals surface area contributed by atoms with Crippen molar-refractivity contribution in [2.75, 3.05) is 13.1 Å². The molecule has 0 bridgehead atoms. The Labute approximate surface area is 140 Å². The lowest BCUT2D eigenvalue weighted by molar-refractivity contribution is 0.0939. The highest BCUT2D eigenvalue weighted by molar-refractivity contribution is 6.32. The van der Waals surface area contributed by atoms with E-state index in [0.717, 1.165) is 30.9 Å². The van der Waals surface area contributed by atoms with E-state index in [1.165, 1.54) is 0 Å². The van der Waals surface area contributed by atoms with Crippen molar-refractivity contribution in [3.05, 3.63) is 46.7 Å². The molecule has 1 atom stereocenters. The molecule has 1 aliphatic heterocycles. The minimum absolute atomic E-state index is 0. The highest BCUT2D eigenvalue weighted by Crippen LogP contribution is 2.22. The van der Waals surface area contributed by atoms with E-state index in [-0.39, 0.29) is 24.4 Å². The van der Waals surface area contributed by atoms with Crippen LogP contribution < -0.4 is 10.6 Å². The number of halogens is 2. The molecular weight excluding hydrogens is 323 g/mol. The second kappa shape index (κ2) is 7.13. The lowest BCUT2D eigenvalue weighted by Gasteiger charge is -2.11. The summed E-state index contributed by atoms with van der Waals surface area (Å²) in [4.78, 5) is 12.3. The van der Waals surface area contributed by atoms with Gasteiger partial charge in [-0.3, -0.25) is 4.79 Å². The Morgan fingerprint density at radius 1 is 1.45 bits per heavy atom. The van der Waals surface area contributed by atoms with E-state index in [9.17, 15) is 4.79 Å². The maximum atomic E-state index is 12.3. The predicted octanol–water partition coefficient (Wildman–Crippen LogP) is 2.35. The molecule has 1 aliphatic rings. The second-order valence-corrected chi connectivity index (χ2v) is 5.58. The maximum absolute atomic E-state index is 12.3. The molecule has 0 radical (unpaired) electrons. The van der Waals surface area contributed by atoms with Gasteiger partial charge in [0.15, 0.2) is 0 Å². The SMILES string of the molecule is Cc1c(C(=O)NC2CCNC2)cnn1-c1ccccc1Cl.Cl. The number of carbonyl (C=O) groups excluding carboxylic acids is 1. The summed E-state index contributed by atoms with van der Waals surface area (Å²) in [5.74, 6) is -0.0838. The Kier molecular flexibility index (Phi) is 5.45.